The molecule has 0 spiro atoms. The molecule has 0 aliphatic carbocycles. The molecule has 0 aliphatic rings. The van der Waals surface area contributed by atoms with Crippen LogP contribution in [0, 0.1) is 0 Å². The van der Waals surface area contributed by atoms with E-state index in [9.17, 15) is 4.79 Å². The lowest BCUT2D eigenvalue weighted by Crippen LogP contribution is -2.04. The number of hydrogen-bond donors (Lipinski definition) is 0. The number of ether oxygens (including phenoxy) is 3. The van der Waals surface area contributed by atoms with Crippen LogP contribution in [0.25, 0.3) is 22.2 Å². The molecule has 25 heavy (non-hydrogen) atoms. The maximum Gasteiger partial charge on any atom is 0.310 e. The van der Waals surface area contributed by atoms with Crippen molar-refractivity contribution in [3.8, 4) is 22.8 Å². The van der Waals surface area contributed by atoms with Crippen LogP contribution in [0.2, 0.25) is 0 Å². The molecule has 3 aromatic rings. The predicted octanol–water partition coefficient (Wildman–Crippen LogP) is 3.03. The van der Waals surface area contributed by atoms with Crippen LogP contribution >= 0.6 is 0 Å². The summed E-state index contributed by atoms with van der Waals surface area (Å²) in [5.74, 6) is 0.999. The molecule has 0 amide bonds. The molecule has 128 valence electrons. The number of fused-ring (bicyclic) bond motifs is 1. The molecular weight excluding hydrogens is 320 g/mol. The minimum Gasteiger partial charge on any atom is -0.493 e. The lowest BCUT2D eigenvalue weighted by atomic mass is 10.1. The van der Waals surface area contributed by atoms with Crippen molar-refractivity contribution in [3.63, 3.8) is 0 Å². The summed E-state index contributed by atoms with van der Waals surface area (Å²) in [4.78, 5) is 20.2. The smallest absolute Gasteiger partial charge is 0.310 e. The average molecular weight is 338 g/mol. The number of hydrogen-bond acceptors (Lipinski definition) is 6. The third-order valence-corrected chi connectivity index (χ3v) is 3.88. The summed E-state index contributed by atoms with van der Waals surface area (Å²) in [5, 5.41) is 0.926. The third-order valence-electron chi connectivity index (χ3n) is 3.88. The van der Waals surface area contributed by atoms with Gasteiger partial charge in [-0.25, -0.2) is 0 Å². The standard InChI is InChI=1S/C19H18N2O4/c1-23-17-8-13-7-14(11-21-16(13)9-18(17)24-2)15-5-4-12(10-20-15)6-19(22)25-3/h4-5,7-11H,6H2,1-3H3. The minimum absolute atomic E-state index is 0.205. The van der Waals surface area contributed by atoms with Gasteiger partial charge < -0.3 is 14.2 Å². The molecule has 0 bridgehead atoms. The summed E-state index contributed by atoms with van der Waals surface area (Å²) in [6, 6.07) is 9.44. The van der Waals surface area contributed by atoms with Crippen molar-refractivity contribution in [3.05, 3.63) is 48.3 Å². The van der Waals surface area contributed by atoms with Crippen LogP contribution in [0.4, 0.5) is 0 Å². The molecule has 3 rings (SSSR count). The third kappa shape index (κ3) is 3.52. The van der Waals surface area contributed by atoms with Gasteiger partial charge in [-0.2, -0.15) is 0 Å². The van der Waals surface area contributed by atoms with Gasteiger partial charge in [0.2, 0.25) is 0 Å². The minimum atomic E-state index is -0.289. The second-order valence-electron chi connectivity index (χ2n) is 5.43. The van der Waals surface area contributed by atoms with Crippen LogP contribution in [-0.4, -0.2) is 37.3 Å². The monoisotopic (exact) mass is 338 g/mol. The Labute approximate surface area is 145 Å². The molecule has 0 aliphatic heterocycles. The average Bonchev–Trinajstić information content (AvgIpc) is 2.66. The van der Waals surface area contributed by atoms with E-state index in [-0.39, 0.29) is 12.4 Å². The molecule has 6 heteroatoms. The van der Waals surface area contributed by atoms with Crippen molar-refractivity contribution in [1.82, 2.24) is 9.97 Å². The summed E-state index contributed by atoms with van der Waals surface area (Å²) in [7, 11) is 4.56. The number of carbonyl (C=O) groups is 1. The van der Waals surface area contributed by atoms with E-state index in [0.29, 0.717) is 11.5 Å². The van der Waals surface area contributed by atoms with Crippen molar-refractivity contribution in [2.24, 2.45) is 0 Å². The van der Waals surface area contributed by atoms with E-state index in [2.05, 4.69) is 14.7 Å². The molecule has 0 saturated carbocycles. The maximum atomic E-state index is 11.3. The number of benzene rings is 1. The van der Waals surface area contributed by atoms with Crippen molar-refractivity contribution < 1.29 is 19.0 Å². The highest BCUT2D eigenvalue weighted by atomic mass is 16.5. The van der Waals surface area contributed by atoms with Crippen molar-refractivity contribution in [2.45, 2.75) is 6.42 Å². The van der Waals surface area contributed by atoms with Crippen molar-refractivity contribution in [2.75, 3.05) is 21.3 Å². The first-order valence-corrected chi connectivity index (χ1v) is 7.68. The lowest BCUT2D eigenvalue weighted by Gasteiger charge is -2.09. The number of pyridine rings is 2. The fourth-order valence-electron chi connectivity index (χ4n) is 2.53. The van der Waals surface area contributed by atoms with Gasteiger partial charge in [-0.05, 0) is 23.8 Å². The van der Waals surface area contributed by atoms with Gasteiger partial charge in [0.05, 0.1) is 39.0 Å². The molecule has 0 radical (unpaired) electrons. The molecule has 6 nitrogen and oxygen atoms in total. The van der Waals surface area contributed by atoms with E-state index < -0.39 is 0 Å². The molecular formula is C19H18N2O4. The normalized spacial score (nSPS) is 10.5. The Morgan fingerprint density at radius 3 is 2.36 bits per heavy atom. The Bertz CT molecular complexity index is 907. The Hall–Kier alpha value is -3.15. The Morgan fingerprint density at radius 2 is 1.72 bits per heavy atom. The van der Waals surface area contributed by atoms with E-state index in [1.165, 1.54) is 7.11 Å². The molecule has 2 aromatic heterocycles. The topological polar surface area (TPSA) is 70.5 Å². The van der Waals surface area contributed by atoms with E-state index in [4.69, 9.17) is 9.47 Å². The van der Waals surface area contributed by atoms with Crippen LogP contribution in [0.15, 0.2) is 42.7 Å². The molecule has 0 fully saturated rings. The molecule has 0 atom stereocenters. The highest BCUT2D eigenvalue weighted by molar-refractivity contribution is 5.86. The number of rotatable bonds is 5. The first-order chi connectivity index (χ1) is 12.1. The quantitative estimate of drug-likeness (QED) is 0.666. The van der Waals surface area contributed by atoms with E-state index in [1.807, 2.05) is 30.3 Å². The number of aromatic nitrogens is 2. The fraction of sp³-hybridized carbons (Fsp3) is 0.211. The van der Waals surface area contributed by atoms with E-state index in [1.54, 1.807) is 26.6 Å². The van der Waals surface area contributed by atoms with Gasteiger partial charge in [0.1, 0.15) is 0 Å². The highest BCUT2D eigenvalue weighted by Crippen LogP contribution is 2.32. The molecule has 1 aromatic carbocycles. The van der Waals surface area contributed by atoms with Gasteiger partial charge >= 0.3 is 5.97 Å². The second kappa shape index (κ2) is 7.17. The summed E-state index contributed by atoms with van der Waals surface area (Å²) >= 11 is 0. The second-order valence-corrected chi connectivity index (χ2v) is 5.43. The SMILES string of the molecule is COC(=O)Cc1ccc(-c2cnc3cc(OC)c(OC)cc3c2)nc1. The van der Waals surface area contributed by atoms with Gasteiger partial charge in [0, 0.05) is 29.4 Å². The van der Waals surface area contributed by atoms with Gasteiger partial charge in [0.15, 0.2) is 11.5 Å². The number of methoxy groups -OCH3 is 3. The van der Waals surface area contributed by atoms with Crippen LogP contribution in [0.3, 0.4) is 0 Å². The maximum absolute atomic E-state index is 11.3. The van der Waals surface area contributed by atoms with Crippen molar-refractivity contribution in [1.29, 1.82) is 0 Å². The summed E-state index contributed by atoms with van der Waals surface area (Å²) in [6.07, 6.45) is 3.64. The van der Waals surface area contributed by atoms with E-state index >= 15 is 0 Å². The molecule has 0 unspecified atom stereocenters. The fourth-order valence-corrected chi connectivity index (χ4v) is 2.53. The first kappa shape index (κ1) is 16.7. The van der Waals surface area contributed by atoms with Gasteiger partial charge in [0.25, 0.3) is 0 Å². The Kier molecular flexibility index (Phi) is 4.79. The van der Waals surface area contributed by atoms with Crippen LogP contribution in [0.1, 0.15) is 5.56 Å². The largest absolute Gasteiger partial charge is 0.493 e. The zero-order valence-corrected chi connectivity index (χ0v) is 14.3. The zero-order chi connectivity index (χ0) is 17.8. The zero-order valence-electron chi connectivity index (χ0n) is 14.3. The number of esters is 1. The van der Waals surface area contributed by atoms with Gasteiger partial charge in [-0.1, -0.05) is 6.07 Å². The van der Waals surface area contributed by atoms with Gasteiger partial charge in [-0.3, -0.25) is 14.8 Å². The molecule has 0 N–H and O–H groups in total. The summed E-state index contributed by atoms with van der Waals surface area (Å²) in [6.45, 7) is 0. The number of nitrogens with zero attached hydrogens (tertiary/aromatic N) is 2. The van der Waals surface area contributed by atoms with Crippen LogP contribution in [-0.2, 0) is 16.0 Å². The van der Waals surface area contributed by atoms with Gasteiger partial charge in [-0.15, -0.1) is 0 Å². The summed E-state index contributed by atoms with van der Waals surface area (Å²) in [5.41, 5.74) is 3.27. The van der Waals surface area contributed by atoms with Crippen LogP contribution < -0.4 is 9.47 Å². The molecule has 0 saturated heterocycles. The lowest BCUT2D eigenvalue weighted by molar-refractivity contribution is -0.139. The van der Waals surface area contributed by atoms with Crippen LogP contribution in [0.5, 0.6) is 11.5 Å². The number of carbonyl (C=O) groups excluding carboxylic acids is 1. The predicted molar refractivity (Wildman–Crippen MR) is 93.8 cm³/mol. The summed E-state index contributed by atoms with van der Waals surface area (Å²) < 4.78 is 15.3. The van der Waals surface area contributed by atoms with E-state index in [0.717, 1.165) is 27.7 Å². The highest BCUT2D eigenvalue weighted by Gasteiger charge is 2.09. The Balaban J connectivity index is 1.94. The first-order valence-electron chi connectivity index (χ1n) is 7.68. The molecule has 2 heterocycles. The van der Waals surface area contributed by atoms with Crippen molar-refractivity contribution >= 4 is 16.9 Å². The Morgan fingerprint density at radius 1 is 0.960 bits per heavy atom.